The Labute approximate surface area is 125 Å². The van der Waals surface area contributed by atoms with Crippen LogP contribution in [-0.4, -0.2) is 29.3 Å². The van der Waals surface area contributed by atoms with Crippen molar-refractivity contribution < 1.29 is 19.1 Å². The van der Waals surface area contributed by atoms with Gasteiger partial charge in [-0.05, 0) is 25.5 Å². The van der Waals surface area contributed by atoms with Crippen molar-refractivity contribution in [1.82, 2.24) is 4.98 Å². The summed E-state index contributed by atoms with van der Waals surface area (Å²) in [6, 6.07) is 3.24. The predicted octanol–water partition coefficient (Wildman–Crippen LogP) is 2.12. The molecule has 1 rings (SSSR count). The van der Waals surface area contributed by atoms with Crippen LogP contribution in [0.4, 0.5) is 0 Å². The van der Waals surface area contributed by atoms with E-state index in [0.717, 1.165) is 5.56 Å². The van der Waals surface area contributed by atoms with Crippen molar-refractivity contribution in [3.8, 4) is 0 Å². The van der Waals surface area contributed by atoms with Gasteiger partial charge in [-0.1, -0.05) is 22.0 Å². The van der Waals surface area contributed by atoms with Gasteiger partial charge in [0.05, 0.1) is 6.61 Å². The minimum atomic E-state index is -1.28. The molecule has 1 aromatic rings. The summed E-state index contributed by atoms with van der Waals surface area (Å²) < 4.78 is 4.82. The highest BCUT2D eigenvalue weighted by molar-refractivity contribution is 9.08. The molecule has 1 atom stereocenters. The Morgan fingerprint density at radius 2 is 2.15 bits per heavy atom. The van der Waals surface area contributed by atoms with Crippen LogP contribution in [0.25, 0.3) is 0 Å². The molecule has 20 heavy (non-hydrogen) atoms. The topological polar surface area (TPSA) is 73.3 Å². The van der Waals surface area contributed by atoms with Crippen molar-refractivity contribution in [2.75, 3.05) is 6.61 Å². The van der Waals surface area contributed by atoms with Gasteiger partial charge in [0.25, 0.3) is 0 Å². The van der Waals surface area contributed by atoms with Crippen molar-refractivity contribution >= 4 is 33.6 Å². The first kappa shape index (κ1) is 16.3. The number of ether oxygens (including phenoxy) is 1. The zero-order valence-corrected chi connectivity index (χ0v) is 12.8. The molecule has 0 radical (unpaired) electrons. The summed E-state index contributed by atoms with van der Waals surface area (Å²) in [5, 5.41) is 0.614. The largest absolute Gasteiger partial charge is 0.465 e. The van der Waals surface area contributed by atoms with E-state index in [1.165, 1.54) is 19.2 Å². The first-order chi connectivity index (χ1) is 9.54. The summed E-state index contributed by atoms with van der Waals surface area (Å²) in [5.74, 6) is -1.02. The number of hydrogen-bond donors (Lipinski definition) is 0. The number of Topliss-reactive ketones (excluding diaryl/α,β-unsaturated/α-hetero) is 1. The zero-order valence-electron chi connectivity index (χ0n) is 11.2. The van der Waals surface area contributed by atoms with E-state index in [-0.39, 0.29) is 17.9 Å². The van der Waals surface area contributed by atoms with Gasteiger partial charge in [-0.3, -0.25) is 14.6 Å². The van der Waals surface area contributed by atoms with E-state index in [1.54, 1.807) is 18.9 Å². The standard InChI is InChI=1S/C14H14BrNO4/c1-3-20-14(19)12(9(2)8-17)13(18)11-5-4-10(6-15)7-16-11/h4-5,7,12H,3,6H2,1-2H3. The van der Waals surface area contributed by atoms with Crippen molar-refractivity contribution in [3.63, 3.8) is 0 Å². The minimum Gasteiger partial charge on any atom is -0.465 e. The third-order valence-electron chi connectivity index (χ3n) is 2.61. The van der Waals surface area contributed by atoms with Crippen LogP contribution in [0.3, 0.4) is 0 Å². The lowest BCUT2D eigenvalue weighted by molar-refractivity contribution is -0.144. The molecule has 6 heteroatoms. The van der Waals surface area contributed by atoms with Gasteiger partial charge in [0.15, 0.2) is 11.7 Å². The molecular weight excluding hydrogens is 326 g/mol. The molecule has 0 amide bonds. The smallest absolute Gasteiger partial charge is 0.321 e. The number of halogens is 1. The van der Waals surface area contributed by atoms with Gasteiger partial charge in [-0.15, -0.1) is 0 Å². The van der Waals surface area contributed by atoms with Crippen LogP contribution in [-0.2, 0) is 19.7 Å². The molecule has 0 aliphatic carbocycles. The van der Waals surface area contributed by atoms with Crippen LogP contribution in [0, 0.1) is 5.92 Å². The average Bonchev–Trinajstić information content (AvgIpc) is 2.47. The predicted molar refractivity (Wildman–Crippen MR) is 76.2 cm³/mol. The van der Waals surface area contributed by atoms with Gasteiger partial charge >= 0.3 is 5.97 Å². The average molecular weight is 340 g/mol. The lowest BCUT2D eigenvalue weighted by atomic mass is 9.94. The van der Waals surface area contributed by atoms with Gasteiger partial charge in [0.1, 0.15) is 11.6 Å². The highest BCUT2D eigenvalue weighted by atomic mass is 79.9. The molecule has 0 fully saturated rings. The van der Waals surface area contributed by atoms with Crippen LogP contribution in [0.2, 0.25) is 0 Å². The first-order valence-electron chi connectivity index (χ1n) is 5.98. The Morgan fingerprint density at radius 3 is 2.60 bits per heavy atom. The van der Waals surface area contributed by atoms with Crippen LogP contribution < -0.4 is 0 Å². The quantitative estimate of drug-likeness (QED) is 0.261. The second-order valence-corrected chi connectivity index (χ2v) is 4.58. The normalized spacial score (nSPS) is 11.3. The van der Waals surface area contributed by atoms with E-state index in [0.29, 0.717) is 5.33 Å². The van der Waals surface area contributed by atoms with E-state index in [2.05, 4.69) is 20.9 Å². The second kappa shape index (κ2) is 7.72. The van der Waals surface area contributed by atoms with Gasteiger partial charge in [-0.25, -0.2) is 4.79 Å². The molecule has 0 saturated heterocycles. The molecule has 1 unspecified atom stereocenters. The van der Waals surface area contributed by atoms with Crippen LogP contribution in [0.5, 0.6) is 0 Å². The summed E-state index contributed by atoms with van der Waals surface area (Å²) in [7, 11) is 0. The van der Waals surface area contributed by atoms with E-state index >= 15 is 0 Å². The third kappa shape index (κ3) is 3.85. The van der Waals surface area contributed by atoms with E-state index in [4.69, 9.17) is 4.74 Å². The number of carbonyl (C=O) groups is 2. The maximum Gasteiger partial charge on any atom is 0.321 e. The monoisotopic (exact) mass is 339 g/mol. The Balaban J connectivity index is 3.09. The number of ketones is 1. The molecule has 0 aliphatic rings. The summed E-state index contributed by atoms with van der Waals surface area (Å²) >= 11 is 3.27. The molecule has 0 saturated carbocycles. The molecule has 5 nitrogen and oxygen atoms in total. The second-order valence-electron chi connectivity index (χ2n) is 4.02. The van der Waals surface area contributed by atoms with Crippen LogP contribution >= 0.6 is 15.9 Å². The molecule has 0 N–H and O–H groups in total. The summed E-state index contributed by atoms with van der Waals surface area (Å²) in [6.07, 6.45) is 1.53. The van der Waals surface area contributed by atoms with Gasteiger partial charge in [0, 0.05) is 17.1 Å². The third-order valence-corrected chi connectivity index (χ3v) is 3.26. The number of nitrogens with zero attached hydrogens (tertiary/aromatic N) is 1. The number of carbonyl (C=O) groups excluding carboxylic acids is 3. The lowest BCUT2D eigenvalue weighted by Crippen LogP contribution is -2.28. The first-order valence-corrected chi connectivity index (χ1v) is 7.10. The zero-order chi connectivity index (χ0) is 15.1. The van der Waals surface area contributed by atoms with E-state index in [1.807, 2.05) is 0 Å². The van der Waals surface area contributed by atoms with Gasteiger partial charge < -0.3 is 4.74 Å². The highest BCUT2D eigenvalue weighted by Gasteiger charge is 2.32. The number of pyridine rings is 1. The number of alkyl halides is 1. The molecule has 1 heterocycles. The summed E-state index contributed by atoms with van der Waals surface area (Å²) in [4.78, 5) is 38.8. The van der Waals surface area contributed by atoms with Gasteiger partial charge in [0.2, 0.25) is 0 Å². The Hall–Kier alpha value is -1.78. The summed E-state index contributed by atoms with van der Waals surface area (Å²) in [6.45, 7) is 3.13. The van der Waals surface area contributed by atoms with Gasteiger partial charge in [-0.2, -0.15) is 0 Å². The lowest BCUT2D eigenvalue weighted by Gasteiger charge is -2.12. The highest BCUT2D eigenvalue weighted by Crippen LogP contribution is 2.17. The summed E-state index contributed by atoms with van der Waals surface area (Å²) in [5.41, 5.74) is 0.999. The molecular formula is C14H14BrNO4. The molecule has 0 aromatic carbocycles. The fraction of sp³-hybridized carbons (Fsp3) is 0.357. The number of rotatable bonds is 6. The van der Waals surface area contributed by atoms with Crippen LogP contribution in [0.1, 0.15) is 29.9 Å². The number of hydrogen-bond acceptors (Lipinski definition) is 5. The van der Waals surface area contributed by atoms with E-state index < -0.39 is 17.7 Å². The maximum atomic E-state index is 12.3. The van der Waals surface area contributed by atoms with Crippen molar-refractivity contribution in [1.29, 1.82) is 0 Å². The molecule has 1 aromatic heterocycles. The fourth-order valence-electron chi connectivity index (χ4n) is 1.56. The SMILES string of the molecule is CCOC(=O)C(C(=O)c1ccc(CBr)cn1)C(C)=C=O. The number of esters is 1. The minimum absolute atomic E-state index is 0.0141. The Kier molecular flexibility index (Phi) is 6.28. The van der Waals surface area contributed by atoms with Crippen molar-refractivity contribution in [3.05, 3.63) is 35.2 Å². The molecule has 0 bridgehead atoms. The van der Waals surface area contributed by atoms with Crippen molar-refractivity contribution in [2.24, 2.45) is 5.92 Å². The maximum absolute atomic E-state index is 12.3. The molecule has 0 aliphatic heterocycles. The molecule has 106 valence electrons. The Bertz CT molecular complexity index is 547. The van der Waals surface area contributed by atoms with E-state index in [9.17, 15) is 14.4 Å². The Morgan fingerprint density at radius 1 is 1.45 bits per heavy atom. The fourth-order valence-corrected chi connectivity index (χ4v) is 1.89. The molecule has 0 spiro atoms. The number of aromatic nitrogens is 1. The van der Waals surface area contributed by atoms with Crippen molar-refractivity contribution in [2.45, 2.75) is 19.2 Å². The van der Waals surface area contributed by atoms with Crippen LogP contribution in [0.15, 0.2) is 23.9 Å².